The number of amides is 2. The van der Waals surface area contributed by atoms with Gasteiger partial charge in [0.1, 0.15) is 5.02 Å². The van der Waals surface area contributed by atoms with Gasteiger partial charge in [0.05, 0.1) is 35.4 Å². The molecule has 2 amide bonds. The van der Waals surface area contributed by atoms with Crippen LogP contribution in [0.5, 0.6) is 0 Å². The number of rotatable bonds is 10. The maximum absolute atomic E-state index is 12.5. The first-order valence-corrected chi connectivity index (χ1v) is 15.4. The summed E-state index contributed by atoms with van der Waals surface area (Å²) in [5.41, 5.74) is 3.51. The molecular formula is C32H40ClN9O3. The second kappa shape index (κ2) is 14.7. The van der Waals surface area contributed by atoms with E-state index >= 15 is 0 Å². The monoisotopic (exact) mass is 633 g/mol. The molecule has 1 aromatic heterocycles. The minimum atomic E-state index is -0.338. The second-order valence-corrected chi connectivity index (χ2v) is 11.6. The highest BCUT2D eigenvalue weighted by Gasteiger charge is 2.28. The Hall–Kier alpha value is -4.23. The summed E-state index contributed by atoms with van der Waals surface area (Å²) in [5, 5.41) is 22.5. The molecule has 0 spiro atoms. The van der Waals surface area contributed by atoms with Gasteiger partial charge in [-0.1, -0.05) is 30.3 Å². The number of carbonyl (C=O) groups is 2. The van der Waals surface area contributed by atoms with E-state index in [1.165, 1.54) is 12.3 Å². The first-order chi connectivity index (χ1) is 21.8. The highest BCUT2D eigenvalue weighted by Crippen LogP contribution is 2.36. The van der Waals surface area contributed by atoms with E-state index in [0.29, 0.717) is 34.2 Å². The van der Waals surface area contributed by atoms with Crippen molar-refractivity contribution in [1.29, 1.82) is 0 Å². The maximum atomic E-state index is 12.5. The molecule has 2 fully saturated rings. The second-order valence-electron chi connectivity index (χ2n) is 11.2. The quantitative estimate of drug-likeness (QED) is 0.210. The van der Waals surface area contributed by atoms with Crippen LogP contribution in [0, 0.1) is 0 Å². The average Bonchev–Trinajstić information content (AvgIpc) is 3.06. The van der Waals surface area contributed by atoms with E-state index < -0.39 is 0 Å². The van der Waals surface area contributed by atoms with Crippen LogP contribution in [0.15, 0.2) is 55.3 Å². The maximum Gasteiger partial charge on any atom is 0.253 e. The Bertz CT molecular complexity index is 1540. The zero-order valence-electron chi connectivity index (χ0n) is 25.6. The van der Waals surface area contributed by atoms with Gasteiger partial charge in [-0.15, -0.1) is 0 Å². The Morgan fingerprint density at radius 3 is 2.47 bits per heavy atom. The number of nitrogens with one attached hydrogen (secondary N) is 4. The molecular weight excluding hydrogens is 594 g/mol. The van der Waals surface area contributed by atoms with E-state index in [9.17, 15) is 14.7 Å². The number of hydrogen-bond donors (Lipinski definition) is 5. The van der Waals surface area contributed by atoms with E-state index in [1.807, 2.05) is 6.07 Å². The third-order valence-electron chi connectivity index (χ3n) is 8.34. The Morgan fingerprint density at radius 2 is 1.78 bits per heavy atom. The van der Waals surface area contributed by atoms with Gasteiger partial charge in [0.2, 0.25) is 11.9 Å². The Morgan fingerprint density at radius 1 is 1.04 bits per heavy atom. The molecule has 3 aromatic rings. The number of piperazine rings is 1. The predicted octanol–water partition coefficient (Wildman–Crippen LogP) is 3.81. The molecule has 0 atom stereocenters. The van der Waals surface area contributed by atoms with Crippen molar-refractivity contribution >= 4 is 57.9 Å². The normalized spacial score (nSPS) is 16.2. The summed E-state index contributed by atoms with van der Waals surface area (Å²) in [6.45, 7) is 9.37. The van der Waals surface area contributed by atoms with E-state index in [-0.39, 0.29) is 35.2 Å². The van der Waals surface area contributed by atoms with Crippen LogP contribution in [0.25, 0.3) is 0 Å². The number of likely N-dealkylation sites (N-methyl/N-ethyl adjacent to an activating group) is 1. The standard InChI is InChI=1S/C32H40ClN9O3/c1-4-29(44)36-27-18-26(21(20-43)17-28(27)42-11-9-22(10-12-42)41-15-13-40(3)14-16-41)38-32-35-19-24(33)30(39-32)37-25-8-6-5-7-23(25)31(45)34-2/h4-8,17-19,22,43H,1,9-16,20H2,2-3H3,(H,34,45)(H,36,44)(H2,35,37,38,39). The summed E-state index contributed by atoms with van der Waals surface area (Å²) in [7, 11) is 3.73. The molecule has 2 aliphatic rings. The van der Waals surface area contributed by atoms with Crippen LogP contribution in [0.4, 0.5) is 34.5 Å². The van der Waals surface area contributed by atoms with Crippen molar-refractivity contribution in [3.8, 4) is 0 Å². The van der Waals surface area contributed by atoms with Crippen LogP contribution in [0.3, 0.4) is 0 Å². The number of benzene rings is 2. The van der Waals surface area contributed by atoms with E-state index in [4.69, 9.17) is 11.6 Å². The number of halogens is 1. The van der Waals surface area contributed by atoms with Gasteiger partial charge in [-0.05, 0) is 50.2 Å². The summed E-state index contributed by atoms with van der Waals surface area (Å²) in [4.78, 5) is 40.9. The molecule has 2 aromatic carbocycles. The fourth-order valence-corrected chi connectivity index (χ4v) is 5.91. The lowest BCUT2D eigenvalue weighted by Gasteiger charge is -2.43. The number of aliphatic hydroxyl groups is 1. The minimum absolute atomic E-state index is 0.204. The summed E-state index contributed by atoms with van der Waals surface area (Å²) in [6.07, 6.45) is 4.71. The molecule has 0 saturated carbocycles. The molecule has 3 heterocycles. The van der Waals surface area contributed by atoms with Crippen LogP contribution in [0.1, 0.15) is 28.8 Å². The largest absolute Gasteiger partial charge is 0.392 e. The van der Waals surface area contributed by atoms with Gasteiger partial charge < -0.3 is 36.2 Å². The lowest BCUT2D eigenvalue weighted by molar-refractivity contribution is -0.111. The topological polar surface area (TPSA) is 138 Å². The number of aliphatic hydroxyl groups excluding tert-OH is 1. The van der Waals surface area contributed by atoms with Gasteiger partial charge in [-0.2, -0.15) is 4.98 Å². The molecule has 5 N–H and O–H groups in total. The first kappa shape index (κ1) is 32.2. The molecule has 238 valence electrons. The number of carbonyl (C=O) groups excluding carboxylic acids is 2. The van der Waals surface area contributed by atoms with Crippen LogP contribution in [-0.2, 0) is 11.4 Å². The summed E-state index contributed by atoms with van der Waals surface area (Å²) < 4.78 is 0. The SMILES string of the molecule is C=CC(=O)Nc1cc(Nc2ncc(Cl)c(Nc3ccccc3C(=O)NC)n2)c(CO)cc1N1CCC(N2CCN(C)CC2)CC1. The number of nitrogens with zero attached hydrogens (tertiary/aromatic N) is 5. The Kier molecular flexibility index (Phi) is 10.5. The van der Waals surface area contributed by atoms with Crippen molar-refractivity contribution in [2.45, 2.75) is 25.5 Å². The molecule has 0 radical (unpaired) electrons. The fraction of sp³-hybridized carbons (Fsp3) is 0.375. The van der Waals surface area contributed by atoms with Crippen LogP contribution in [0.2, 0.25) is 5.02 Å². The molecule has 2 saturated heterocycles. The Balaban J connectivity index is 1.39. The summed E-state index contributed by atoms with van der Waals surface area (Å²) in [6, 6.07) is 11.2. The summed E-state index contributed by atoms with van der Waals surface area (Å²) >= 11 is 6.42. The van der Waals surface area contributed by atoms with Crippen molar-refractivity contribution in [1.82, 2.24) is 25.1 Å². The van der Waals surface area contributed by atoms with E-state index in [1.54, 1.807) is 37.4 Å². The number of hydrogen-bond acceptors (Lipinski definition) is 10. The van der Waals surface area contributed by atoms with Crippen molar-refractivity contribution < 1.29 is 14.7 Å². The summed E-state index contributed by atoms with van der Waals surface area (Å²) in [5.74, 6) is -0.103. The van der Waals surface area contributed by atoms with Gasteiger partial charge in [-0.25, -0.2) is 4.98 Å². The van der Waals surface area contributed by atoms with Gasteiger partial charge in [-0.3, -0.25) is 14.5 Å². The molecule has 0 unspecified atom stereocenters. The minimum Gasteiger partial charge on any atom is -0.392 e. The van der Waals surface area contributed by atoms with Gasteiger partial charge in [0.25, 0.3) is 5.91 Å². The smallest absolute Gasteiger partial charge is 0.253 e. The Labute approximate surface area is 268 Å². The van der Waals surface area contributed by atoms with Crippen LogP contribution < -0.4 is 26.2 Å². The predicted molar refractivity (Wildman–Crippen MR) is 179 cm³/mol. The molecule has 12 nitrogen and oxygen atoms in total. The lowest BCUT2D eigenvalue weighted by atomic mass is 10.0. The van der Waals surface area contributed by atoms with E-state index in [2.05, 4.69) is 59.6 Å². The number of piperidine rings is 1. The molecule has 5 rings (SSSR count). The number of aromatic nitrogens is 2. The zero-order chi connectivity index (χ0) is 31.9. The number of para-hydroxylation sites is 1. The van der Waals surface area contributed by atoms with Crippen LogP contribution in [-0.4, -0.2) is 96.1 Å². The van der Waals surface area contributed by atoms with E-state index in [0.717, 1.165) is 57.8 Å². The highest BCUT2D eigenvalue weighted by atomic mass is 35.5. The first-order valence-electron chi connectivity index (χ1n) is 15.1. The van der Waals surface area contributed by atoms with Crippen molar-refractivity contribution in [2.75, 3.05) is 74.2 Å². The van der Waals surface area contributed by atoms with Gasteiger partial charge in [0, 0.05) is 63.6 Å². The van der Waals surface area contributed by atoms with Crippen LogP contribution >= 0.6 is 11.6 Å². The molecule has 13 heteroatoms. The van der Waals surface area contributed by atoms with Gasteiger partial charge in [0.15, 0.2) is 5.82 Å². The third-order valence-corrected chi connectivity index (χ3v) is 8.61. The van der Waals surface area contributed by atoms with Crippen molar-refractivity contribution in [2.24, 2.45) is 0 Å². The van der Waals surface area contributed by atoms with Gasteiger partial charge >= 0.3 is 0 Å². The highest BCUT2D eigenvalue weighted by molar-refractivity contribution is 6.33. The van der Waals surface area contributed by atoms with Crippen molar-refractivity contribution in [3.05, 3.63) is 71.4 Å². The number of anilines is 6. The fourth-order valence-electron chi connectivity index (χ4n) is 5.77. The molecule has 2 aliphatic heterocycles. The molecule has 0 aliphatic carbocycles. The average molecular weight is 634 g/mol. The van der Waals surface area contributed by atoms with Crippen molar-refractivity contribution in [3.63, 3.8) is 0 Å². The lowest BCUT2D eigenvalue weighted by Crippen LogP contribution is -2.52. The molecule has 45 heavy (non-hydrogen) atoms. The molecule has 0 bridgehead atoms. The third kappa shape index (κ3) is 7.71. The zero-order valence-corrected chi connectivity index (χ0v) is 26.4.